The molecule has 0 saturated heterocycles. The molecule has 414 valence electrons. The number of furan rings is 1. The normalized spacial score (nSPS) is 9.46. The molecule has 0 spiro atoms. The van der Waals surface area contributed by atoms with Gasteiger partial charge in [-0.1, -0.05) is 52.9 Å². The summed E-state index contributed by atoms with van der Waals surface area (Å²) in [6.07, 6.45) is 20.8. The summed E-state index contributed by atoms with van der Waals surface area (Å²) in [5.41, 5.74) is 9.40. The number of hydrogen-bond acceptors (Lipinski definition) is 19. The van der Waals surface area contributed by atoms with Crippen molar-refractivity contribution < 1.29 is 57.1 Å². The van der Waals surface area contributed by atoms with Crippen LogP contribution in [0.1, 0.15) is 56.0 Å². The molecule has 0 saturated carbocycles. The molecule has 0 aliphatic rings. The van der Waals surface area contributed by atoms with Crippen molar-refractivity contribution in [2.75, 3.05) is 38.9 Å². The number of aromatic nitrogens is 6. The lowest BCUT2D eigenvalue weighted by atomic mass is 10.2. The van der Waals surface area contributed by atoms with Crippen molar-refractivity contribution in [1.82, 2.24) is 29.9 Å². The maximum Gasteiger partial charge on any atom is 0.215 e. The van der Waals surface area contributed by atoms with Crippen molar-refractivity contribution in [1.29, 1.82) is 0 Å². The van der Waals surface area contributed by atoms with Crippen LogP contribution in [-0.4, -0.2) is 91.8 Å². The van der Waals surface area contributed by atoms with Gasteiger partial charge >= 0.3 is 0 Å². The predicted molar refractivity (Wildman–Crippen MR) is 301 cm³/mol. The number of methoxy groups -OCH3 is 2. The molecule has 6 N–H and O–H groups in total. The molecule has 23 heteroatoms. The second-order valence-electron chi connectivity index (χ2n) is 13.8. The number of hydrogen-bond donors (Lipinski definition) is 5. The number of nitrogens with one attached hydrogen (secondary N) is 1. The molecule has 0 bridgehead atoms. The Morgan fingerprint density at radius 3 is 1.69 bits per heavy atom. The number of nitrogens with zero attached hydrogens (tertiary/aromatic N) is 7. The van der Waals surface area contributed by atoms with Crippen LogP contribution in [0.2, 0.25) is 10.0 Å². The summed E-state index contributed by atoms with van der Waals surface area (Å²) >= 11 is 11.4. The molecule has 0 fully saturated rings. The quantitative estimate of drug-likeness (QED) is 0.0432. The van der Waals surface area contributed by atoms with Gasteiger partial charge < -0.3 is 49.7 Å². The minimum Gasteiger partial charge on any atom is -0.506 e. The lowest BCUT2D eigenvalue weighted by Gasteiger charge is -2.06. The smallest absolute Gasteiger partial charge is 0.215 e. The fraction of sp³-hybridized carbons (Fsp3) is 0.145. The largest absolute Gasteiger partial charge is 0.506 e. The zero-order valence-electron chi connectivity index (χ0n) is 39.1. The topological polar surface area (TPSA) is 273 Å². The zero-order valence-corrected chi connectivity index (χ0v) is 40.6. The number of aliphatic imine (C=N–C) groups is 1. The lowest BCUT2D eigenvalue weighted by molar-refractivity contribution is 0.0502. The highest BCUT2D eigenvalue weighted by molar-refractivity contribution is 6.31. The number of carbonyl (C=O) groups is 2. The Balaban J connectivity index is 0.000000931. The van der Waals surface area contributed by atoms with Crippen molar-refractivity contribution in [2.45, 2.75) is 29.7 Å². The van der Waals surface area contributed by atoms with Gasteiger partial charge in [0.2, 0.25) is 5.88 Å². The standard InChI is InChI=1S/C13H9ClFN3O.C12H8ClFN2O.C8H9NO3.C7H9NO2.C6H5NO2.C5H5NO.4CH4/c14-9-5-7(1-2-10(9)15)18-12-8-3-4-17-6-11(8)19-13(12)16;13-10-5-9(1-2-11(10)14)16-6-8-3-4-15-7-12(8)17;1-11-6-12-8-4-9-3-2-7(8)5-10;1-9-6-10-7-3-2-4-8-5-7;8-4-5-1-2-7-3-6(5)9;7-5-2-1-3-6-4-5;;;;/h1-6,18H,16H2;1-7,17H;2-5H,6H2,1H3;2-5H,6H2,1H3;1-4,9H;1-4,7H;4*1H4. The lowest BCUT2D eigenvalue weighted by Crippen LogP contribution is -2.01. The van der Waals surface area contributed by atoms with Crippen molar-refractivity contribution in [3.63, 3.8) is 0 Å². The number of carbonyl (C=O) groups excluding carboxylic acids is 2. The van der Waals surface area contributed by atoms with E-state index in [-0.39, 0.29) is 82.0 Å². The molecule has 78 heavy (non-hydrogen) atoms. The molecule has 19 nitrogen and oxygen atoms in total. The molecule has 0 aliphatic carbocycles. The Labute approximate surface area is 461 Å². The first kappa shape index (κ1) is 68.8. The van der Waals surface area contributed by atoms with Gasteiger partial charge in [0.15, 0.2) is 37.5 Å². The van der Waals surface area contributed by atoms with E-state index in [1.807, 2.05) is 12.1 Å². The van der Waals surface area contributed by atoms with Crippen LogP contribution in [0.25, 0.3) is 11.0 Å². The fourth-order valence-corrected chi connectivity index (χ4v) is 5.53. The van der Waals surface area contributed by atoms with Crippen LogP contribution in [0, 0.1) is 11.6 Å². The van der Waals surface area contributed by atoms with Crippen molar-refractivity contribution in [2.24, 2.45) is 4.99 Å². The second-order valence-corrected chi connectivity index (χ2v) is 14.7. The monoisotopic (exact) mass is 1120 g/mol. The number of rotatable bonds is 12. The van der Waals surface area contributed by atoms with Crippen LogP contribution in [-0.2, 0) is 9.47 Å². The van der Waals surface area contributed by atoms with Crippen LogP contribution in [0.15, 0.2) is 169 Å². The van der Waals surface area contributed by atoms with E-state index in [0.29, 0.717) is 52.1 Å². The van der Waals surface area contributed by atoms with E-state index in [2.05, 4.69) is 44.9 Å². The molecule has 9 aromatic rings. The van der Waals surface area contributed by atoms with Gasteiger partial charge in [-0.15, -0.1) is 0 Å². The van der Waals surface area contributed by atoms with Gasteiger partial charge in [0.05, 0.1) is 64.0 Å². The van der Waals surface area contributed by atoms with Crippen LogP contribution in [0.4, 0.5) is 31.7 Å². The number of ether oxygens (including phenoxy) is 4. The highest BCUT2D eigenvalue weighted by Gasteiger charge is 2.12. The molecule has 7 heterocycles. The molecule has 9 rings (SSSR count). The third-order valence-electron chi connectivity index (χ3n) is 8.66. The number of nitrogens with two attached hydrogens (primary N) is 1. The number of nitrogen functional groups attached to an aromatic ring is 1. The predicted octanol–water partition coefficient (Wildman–Crippen LogP) is 13.1. The average molecular weight is 1120 g/mol. The Hall–Kier alpha value is -9.15. The average Bonchev–Trinajstić information content (AvgIpc) is 3.75. The molecule has 0 atom stereocenters. The molecule has 0 unspecified atom stereocenters. The Morgan fingerprint density at radius 2 is 1.17 bits per heavy atom. The summed E-state index contributed by atoms with van der Waals surface area (Å²) in [6.45, 7) is 0.387. The Bertz CT molecular complexity index is 3150. The van der Waals surface area contributed by atoms with Gasteiger partial charge in [0, 0.05) is 74.3 Å². The third-order valence-corrected chi connectivity index (χ3v) is 9.24. The van der Waals surface area contributed by atoms with Gasteiger partial charge in [-0.3, -0.25) is 44.5 Å². The fourth-order valence-electron chi connectivity index (χ4n) is 5.17. The number of halogens is 4. The van der Waals surface area contributed by atoms with E-state index in [1.165, 1.54) is 86.9 Å². The van der Waals surface area contributed by atoms with Crippen LogP contribution < -0.4 is 20.5 Å². The molecule has 0 radical (unpaired) electrons. The maximum atomic E-state index is 13.1. The highest BCUT2D eigenvalue weighted by Crippen LogP contribution is 2.35. The van der Waals surface area contributed by atoms with Gasteiger partial charge in [-0.05, 0) is 84.9 Å². The Morgan fingerprint density at radius 1 is 0.628 bits per heavy atom. The summed E-state index contributed by atoms with van der Waals surface area (Å²) in [4.78, 5) is 47.1. The van der Waals surface area contributed by atoms with E-state index >= 15 is 0 Å². The van der Waals surface area contributed by atoms with Gasteiger partial charge in [-0.25, -0.2) is 8.78 Å². The van der Waals surface area contributed by atoms with Crippen molar-refractivity contribution >= 4 is 75.9 Å². The van der Waals surface area contributed by atoms with Crippen LogP contribution in [0.5, 0.6) is 28.7 Å². The SMILES string of the molecule is C.C.C.C.COCOc1cccnc1.COCOc1cnccc1C=O.Nc1oc2cnccc2c1Nc1ccc(F)c(Cl)c1.O=Cc1ccncc1O.Oc1cccnc1.Oc1cnccc1C=Nc1ccc(F)c(Cl)c1. The molecular weight excluding hydrogens is 1060 g/mol. The number of aldehydes is 2. The van der Waals surface area contributed by atoms with E-state index in [1.54, 1.807) is 80.7 Å². The van der Waals surface area contributed by atoms with Gasteiger partial charge in [0.25, 0.3) is 0 Å². The molecule has 7 aromatic heterocycles. The minimum atomic E-state index is -0.489. The zero-order chi connectivity index (χ0) is 53.5. The van der Waals surface area contributed by atoms with E-state index < -0.39 is 11.6 Å². The number of benzene rings is 2. The third kappa shape index (κ3) is 24.0. The number of anilines is 3. The van der Waals surface area contributed by atoms with Gasteiger partial charge in [-0.2, -0.15) is 0 Å². The first-order chi connectivity index (χ1) is 35.9. The van der Waals surface area contributed by atoms with E-state index in [9.17, 15) is 23.5 Å². The molecular formula is C55H61Cl2F2N9O10. The van der Waals surface area contributed by atoms with Crippen molar-refractivity contribution in [3.05, 3.63) is 198 Å². The van der Waals surface area contributed by atoms with Crippen molar-refractivity contribution in [3.8, 4) is 28.7 Å². The van der Waals surface area contributed by atoms with Gasteiger partial charge in [0.1, 0.15) is 40.3 Å². The summed E-state index contributed by atoms with van der Waals surface area (Å²) in [7, 11) is 3.09. The number of aromatic hydroxyl groups is 3. The second kappa shape index (κ2) is 38.4. The maximum absolute atomic E-state index is 13.1. The minimum absolute atomic E-state index is 0. The summed E-state index contributed by atoms with van der Waals surface area (Å²) in [6, 6.07) is 21.8. The number of pyridine rings is 6. The number of fused-ring (bicyclic) bond motifs is 1. The first-order valence-electron chi connectivity index (χ1n) is 21.0. The molecule has 0 amide bonds. The molecule has 2 aromatic carbocycles. The highest BCUT2D eigenvalue weighted by atomic mass is 35.5. The van der Waals surface area contributed by atoms with E-state index in [4.69, 9.17) is 57.8 Å². The van der Waals surface area contributed by atoms with Crippen LogP contribution >= 0.6 is 23.2 Å². The summed E-state index contributed by atoms with van der Waals surface area (Å²) < 4.78 is 50.9. The Kier molecular flexibility index (Phi) is 33.9. The summed E-state index contributed by atoms with van der Waals surface area (Å²) in [5, 5.41) is 30.8. The van der Waals surface area contributed by atoms with E-state index in [0.717, 1.165) is 11.1 Å². The van der Waals surface area contributed by atoms with Crippen LogP contribution in [0.3, 0.4) is 0 Å². The summed E-state index contributed by atoms with van der Waals surface area (Å²) in [5.74, 6) is 0.612. The molecule has 0 aliphatic heterocycles. The first-order valence-corrected chi connectivity index (χ1v) is 21.8.